The molecule has 3 saturated heterocycles. The Labute approximate surface area is 314 Å². The molecule has 0 aliphatic carbocycles. The molecule has 0 spiro atoms. The molecule has 0 unspecified atom stereocenters. The molecule has 22 nitrogen and oxygen atoms in total. The Balaban J connectivity index is 1.28. The molecule has 6 rings (SSSR count). The van der Waals surface area contributed by atoms with Gasteiger partial charge in [-0.1, -0.05) is 0 Å². The van der Waals surface area contributed by atoms with Crippen molar-refractivity contribution < 1.29 is 104 Å². The number of aliphatic hydroxyl groups is 10. The van der Waals surface area contributed by atoms with E-state index in [9.17, 15) is 71.2 Å². The van der Waals surface area contributed by atoms with E-state index in [-0.39, 0.29) is 28.4 Å². The van der Waals surface area contributed by atoms with E-state index in [1.54, 1.807) is 0 Å². The summed E-state index contributed by atoms with van der Waals surface area (Å²) in [5.41, 5.74) is -1.32. The minimum atomic E-state index is -2.07. The quantitative estimate of drug-likeness (QED) is 0.0867. The average molecular weight is 803 g/mol. The number of hydrogen-bond acceptors (Lipinski definition) is 22. The van der Waals surface area contributed by atoms with Gasteiger partial charge in [0.15, 0.2) is 29.8 Å². The highest BCUT2D eigenvalue weighted by Crippen LogP contribution is 2.40. The van der Waals surface area contributed by atoms with Gasteiger partial charge >= 0.3 is 0 Å². The fourth-order valence-electron chi connectivity index (χ4n) is 6.51. The van der Waals surface area contributed by atoms with E-state index >= 15 is 0 Å². The lowest BCUT2D eigenvalue weighted by Gasteiger charge is -2.46. The summed E-state index contributed by atoms with van der Waals surface area (Å²) in [6.45, 7) is -2.49. The number of benzene rings is 2. The van der Waals surface area contributed by atoms with Gasteiger partial charge in [0.1, 0.15) is 95.7 Å². The number of methoxy groups -OCH3 is 1. The van der Waals surface area contributed by atoms with Crippen LogP contribution in [0.15, 0.2) is 39.5 Å². The van der Waals surface area contributed by atoms with Crippen molar-refractivity contribution in [1.29, 1.82) is 0 Å². The predicted molar refractivity (Wildman–Crippen MR) is 179 cm³/mol. The van der Waals surface area contributed by atoms with E-state index in [0.717, 1.165) is 12.1 Å². The predicted octanol–water partition coefficient (Wildman–Crippen LogP) is -4.59. The summed E-state index contributed by atoms with van der Waals surface area (Å²) in [6, 6.07) is 5.62. The number of phenolic OH excluding ortho intramolecular Hbond substituents is 3. The molecular weight excluding hydrogens is 760 g/mol. The molecule has 56 heavy (non-hydrogen) atoms. The molecule has 0 bridgehead atoms. The SMILES string of the molecule is COc1cc(-c2oc3cc(O)cc(O)c3c(=O)c2O[C@@H]2O[C@H](CO[C@@H]3O[C@H](CO)[C@@H](O)[C@H](O)[C@@H]3O[C@@H]3O[C@H](CO)[C@@H](O)[C@H](O)[C@@H]3O)[C@@H](O)[C@H](O)[C@@H]2O)ccc1O. The van der Waals surface area contributed by atoms with Crippen LogP contribution in [0.25, 0.3) is 22.3 Å². The molecule has 3 aliphatic heterocycles. The van der Waals surface area contributed by atoms with Crippen LogP contribution in [0, 0.1) is 0 Å². The van der Waals surface area contributed by atoms with Crippen molar-refractivity contribution in [3.63, 3.8) is 0 Å². The summed E-state index contributed by atoms with van der Waals surface area (Å²) >= 11 is 0. The number of fused-ring (bicyclic) bond motifs is 1. The Kier molecular flexibility index (Phi) is 12.6. The first-order valence-corrected chi connectivity index (χ1v) is 17.1. The highest BCUT2D eigenvalue weighted by molar-refractivity contribution is 5.88. The highest BCUT2D eigenvalue weighted by atomic mass is 16.8. The van der Waals surface area contributed by atoms with Gasteiger partial charge in [-0.15, -0.1) is 0 Å². The molecule has 0 radical (unpaired) electrons. The van der Waals surface area contributed by atoms with Crippen LogP contribution in [-0.4, -0.2) is 185 Å². The summed E-state index contributed by atoms with van der Waals surface area (Å²) < 4.78 is 44.8. The van der Waals surface area contributed by atoms with E-state index in [0.29, 0.717) is 0 Å². The lowest BCUT2D eigenvalue weighted by molar-refractivity contribution is -0.372. The van der Waals surface area contributed by atoms with Gasteiger partial charge in [-0.05, 0) is 18.2 Å². The molecule has 15 atom stereocenters. The molecule has 3 aliphatic rings. The first kappa shape index (κ1) is 41.7. The highest BCUT2D eigenvalue weighted by Gasteiger charge is 2.52. The third-order valence-electron chi connectivity index (χ3n) is 9.65. The van der Waals surface area contributed by atoms with Gasteiger partial charge in [-0.3, -0.25) is 4.79 Å². The maximum atomic E-state index is 13.9. The molecule has 4 heterocycles. The number of phenols is 3. The van der Waals surface area contributed by atoms with Crippen LogP contribution in [0.2, 0.25) is 0 Å². The van der Waals surface area contributed by atoms with Crippen molar-refractivity contribution in [3.8, 4) is 40.1 Å². The van der Waals surface area contributed by atoms with Crippen LogP contribution in [0.4, 0.5) is 0 Å². The minimum absolute atomic E-state index is 0.0429. The Morgan fingerprint density at radius 2 is 1.25 bits per heavy atom. The van der Waals surface area contributed by atoms with Crippen molar-refractivity contribution in [3.05, 3.63) is 40.6 Å². The lowest BCUT2D eigenvalue weighted by Crippen LogP contribution is -2.65. The molecule has 3 aromatic rings. The summed E-state index contributed by atoms with van der Waals surface area (Å²) in [4.78, 5) is 13.9. The van der Waals surface area contributed by atoms with Gasteiger partial charge < -0.3 is 104 Å². The zero-order valence-corrected chi connectivity index (χ0v) is 29.2. The smallest absolute Gasteiger partial charge is 0.239 e. The second-order valence-corrected chi connectivity index (χ2v) is 13.3. The van der Waals surface area contributed by atoms with Gasteiger partial charge in [0.2, 0.25) is 17.5 Å². The number of rotatable bonds is 11. The second kappa shape index (κ2) is 16.9. The molecule has 22 heteroatoms. The largest absolute Gasteiger partial charge is 0.508 e. The summed E-state index contributed by atoms with van der Waals surface area (Å²) in [5, 5.41) is 135. The monoisotopic (exact) mass is 802 g/mol. The summed E-state index contributed by atoms with van der Waals surface area (Å²) in [5.74, 6) is -2.66. The van der Waals surface area contributed by atoms with Crippen molar-refractivity contribution >= 4 is 11.0 Å². The van der Waals surface area contributed by atoms with E-state index in [4.69, 9.17) is 37.6 Å². The first-order valence-electron chi connectivity index (χ1n) is 17.1. The van der Waals surface area contributed by atoms with Gasteiger partial charge in [-0.25, -0.2) is 0 Å². The Morgan fingerprint density at radius 1 is 0.661 bits per heavy atom. The summed E-state index contributed by atoms with van der Waals surface area (Å²) in [7, 11) is 1.25. The normalized spacial score (nSPS) is 36.4. The van der Waals surface area contributed by atoms with E-state index in [2.05, 4.69) is 0 Å². The fourth-order valence-corrected chi connectivity index (χ4v) is 6.51. The zero-order valence-electron chi connectivity index (χ0n) is 29.2. The maximum Gasteiger partial charge on any atom is 0.239 e. The molecule has 310 valence electrons. The van der Waals surface area contributed by atoms with E-state index < -0.39 is 140 Å². The van der Waals surface area contributed by atoms with E-state index in [1.807, 2.05) is 0 Å². The molecule has 3 fully saturated rings. The van der Waals surface area contributed by atoms with Crippen LogP contribution < -0.4 is 14.9 Å². The number of aromatic hydroxyl groups is 3. The van der Waals surface area contributed by atoms with Crippen molar-refractivity contribution in [2.75, 3.05) is 26.9 Å². The third kappa shape index (κ3) is 7.83. The van der Waals surface area contributed by atoms with Crippen LogP contribution in [0.1, 0.15) is 0 Å². The molecule has 0 amide bonds. The Hall–Kier alpha value is -3.95. The van der Waals surface area contributed by atoms with Crippen molar-refractivity contribution in [1.82, 2.24) is 0 Å². The van der Waals surface area contributed by atoms with Gasteiger partial charge in [0, 0.05) is 17.7 Å². The zero-order chi connectivity index (χ0) is 40.7. The minimum Gasteiger partial charge on any atom is -0.508 e. The second-order valence-electron chi connectivity index (χ2n) is 13.3. The average Bonchev–Trinajstić information content (AvgIpc) is 3.17. The van der Waals surface area contributed by atoms with Crippen LogP contribution in [0.3, 0.4) is 0 Å². The van der Waals surface area contributed by atoms with Crippen molar-refractivity contribution in [2.24, 2.45) is 0 Å². The van der Waals surface area contributed by atoms with Gasteiger partial charge in [0.25, 0.3) is 0 Å². The molecule has 1 aromatic heterocycles. The lowest BCUT2D eigenvalue weighted by atomic mass is 9.97. The molecule has 13 N–H and O–H groups in total. The van der Waals surface area contributed by atoms with Crippen LogP contribution in [0.5, 0.6) is 28.7 Å². The maximum absolute atomic E-state index is 13.9. The Bertz CT molecular complexity index is 1890. The number of hydrogen-bond donors (Lipinski definition) is 13. The molecular formula is C34H42O22. The molecule has 2 aromatic carbocycles. The van der Waals surface area contributed by atoms with Crippen LogP contribution >= 0.6 is 0 Å². The van der Waals surface area contributed by atoms with Gasteiger partial charge in [-0.2, -0.15) is 0 Å². The van der Waals surface area contributed by atoms with E-state index in [1.165, 1.54) is 25.3 Å². The van der Waals surface area contributed by atoms with Crippen molar-refractivity contribution in [2.45, 2.75) is 92.1 Å². The standard InChI is InChI=1S/C34H42O22/c1-49-14-4-10(2-3-12(14)38)29-30(23(43)19-13(39)5-11(37)6-15(19)51-29)55-33-28(48)25(45)22(42)18(54-33)9-50-34-31(26(46)21(41)17(8-36)53-34)56-32-27(47)24(44)20(40)16(7-35)52-32/h2-6,16-18,20-22,24-28,31-42,44-48H,7-9H2,1H3/t16-,17-,18-,20-,21-,22-,24+,25+,26+,27+,28+,31+,32+,33+,34-/m1/s1. The number of ether oxygens (including phenoxy) is 7. The molecule has 0 saturated carbocycles. The third-order valence-corrected chi connectivity index (χ3v) is 9.65. The Morgan fingerprint density at radius 3 is 1.89 bits per heavy atom. The first-order chi connectivity index (χ1) is 26.6. The van der Waals surface area contributed by atoms with Crippen LogP contribution in [-0.2, 0) is 23.7 Å². The topological polar surface area (TPSA) is 358 Å². The van der Waals surface area contributed by atoms with Gasteiger partial charge in [0.05, 0.1) is 26.9 Å². The summed E-state index contributed by atoms with van der Waals surface area (Å²) in [6.07, 6.45) is -27.5. The fraction of sp³-hybridized carbons (Fsp3) is 0.559. The number of aliphatic hydroxyl groups excluding tert-OH is 10.